The maximum absolute atomic E-state index is 13.4. The fraction of sp³-hybridized carbons (Fsp3) is 0.222. The molecule has 0 fully saturated rings. The van der Waals surface area contributed by atoms with E-state index in [1.165, 1.54) is 11.3 Å². The quantitative estimate of drug-likeness (QED) is 0.282. The average Bonchev–Trinajstić information content (AvgIpc) is 3.51. The van der Waals surface area contributed by atoms with Crippen LogP contribution in [-0.4, -0.2) is 20.3 Å². The minimum Gasteiger partial charge on any atom is -0.454 e. The van der Waals surface area contributed by atoms with Crippen molar-refractivity contribution in [2.24, 2.45) is 23.1 Å². The minimum atomic E-state index is -0.174. The predicted octanol–water partition coefficient (Wildman–Crippen LogP) is 5.87. The molecule has 0 spiro atoms. The monoisotopic (exact) mass is 485 g/mol. The van der Waals surface area contributed by atoms with Crippen molar-refractivity contribution in [1.82, 2.24) is 14.0 Å². The summed E-state index contributed by atoms with van der Waals surface area (Å²) >= 11 is 1.43. The lowest BCUT2D eigenvalue weighted by Crippen LogP contribution is -2.19. The molecule has 0 amide bonds. The molecule has 3 aromatic heterocycles. The first-order chi connectivity index (χ1) is 16.9. The number of nitrogens with zero attached hydrogens (tertiary/aromatic N) is 5. The van der Waals surface area contributed by atoms with Crippen LogP contribution in [0.1, 0.15) is 26.0 Å². The predicted molar refractivity (Wildman–Crippen MR) is 142 cm³/mol. The number of thiazole rings is 1. The standard InChI is InChI=1S/C27H27N5O2S/c1-18(2)14-15-28-31-22(24-16-20-10-8-9-13-23(20)34-24)17-35-27(31)29-25-19(3)30(4)32(26(25)33)21-11-6-5-7-12-21/h5-13,15-18H,14H2,1-4H3. The van der Waals surface area contributed by atoms with E-state index in [4.69, 9.17) is 14.5 Å². The summed E-state index contributed by atoms with van der Waals surface area (Å²) in [6.45, 7) is 6.20. The molecule has 3 heterocycles. The van der Waals surface area contributed by atoms with Crippen molar-refractivity contribution < 1.29 is 4.42 Å². The molecule has 0 aliphatic heterocycles. The molecule has 8 heteroatoms. The van der Waals surface area contributed by atoms with E-state index in [-0.39, 0.29) is 5.56 Å². The molecule has 178 valence electrons. The Balaban J connectivity index is 1.68. The van der Waals surface area contributed by atoms with Crippen molar-refractivity contribution in [3.63, 3.8) is 0 Å². The van der Waals surface area contributed by atoms with Gasteiger partial charge in [-0.25, -0.2) is 14.4 Å². The summed E-state index contributed by atoms with van der Waals surface area (Å²) < 4.78 is 11.3. The van der Waals surface area contributed by atoms with Gasteiger partial charge in [0, 0.05) is 24.0 Å². The van der Waals surface area contributed by atoms with Crippen LogP contribution in [0.3, 0.4) is 0 Å². The highest BCUT2D eigenvalue weighted by atomic mass is 32.1. The molecule has 7 nitrogen and oxygen atoms in total. The minimum absolute atomic E-state index is 0.174. The molecule has 0 saturated heterocycles. The van der Waals surface area contributed by atoms with Gasteiger partial charge in [0.2, 0.25) is 4.80 Å². The summed E-state index contributed by atoms with van der Waals surface area (Å²) in [5.41, 5.74) is 3.39. The first kappa shape index (κ1) is 22.9. The molecule has 0 aliphatic carbocycles. The number of hydrogen-bond acceptors (Lipinski definition) is 5. The van der Waals surface area contributed by atoms with Crippen molar-refractivity contribution in [3.8, 4) is 17.1 Å². The van der Waals surface area contributed by atoms with Gasteiger partial charge in [-0.3, -0.25) is 9.48 Å². The highest BCUT2D eigenvalue weighted by molar-refractivity contribution is 7.07. The van der Waals surface area contributed by atoms with Crippen LogP contribution in [0.4, 0.5) is 5.69 Å². The highest BCUT2D eigenvalue weighted by Crippen LogP contribution is 2.28. The summed E-state index contributed by atoms with van der Waals surface area (Å²) in [5.74, 6) is 1.18. The zero-order valence-corrected chi connectivity index (χ0v) is 21.0. The molecular formula is C27H27N5O2S. The average molecular weight is 486 g/mol. The number of furan rings is 1. The van der Waals surface area contributed by atoms with Crippen LogP contribution in [0, 0.1) is 12.8 Å². The second-order valence-corrected chi connectivity index (χ2v) is 9.65. The lowest BCUT2D eigenvalue weighted by molar-refractivity contribution is 0.621. The molecule has 0 radical (unpaired) electrons. The van der Waals surface area contributed by atoms with Crippen molar-refractivity contribution in [2.75, 3.05) is 0 Å². The Kier molecular flexibility index (Phi) is 6.13. The Morgan fingerprint density at radius 2 is 1.83 bits per heavy atom. The first-order valence-electron chi connectivity index (χ1n) is 11.5. The van der Waals surface area contributed by atoms with Gasteiger partial charge in [0.1, 0.15) is 11.3 Å². The van der Waals surface area contributed by atoms with Crippen LogP contribution in [-0.2, 0) is 7.05 Å². The van der Waals surface area contributed by atoms with Gasteiger partial charge < -0.3 is 4.42 Å². The molecule has 0 aliphatic rings. The van der Waals surface area contributed by atoms with Crippen molar-refractivity contribution in [2.45, 2.75) is 27.2 Å². The number of fused-ring (bicyclic) bond motifs is 1. The lowest BCUT2D eigenvalue weighted by Gasteiger charge is -2.07. The maximum atomic E-state index is 13.4. The Bertz CT molecular complexity index is 1610. The molecular weight excluding hydrogens is 458 g/mol. The highest BCUT2D eigenvalue weighted by Gasteiger charge is 2.18. The third kappa shape index (κ3) is 4.33. The Labute approximate surface area is 206 Å². The van der Waals surface area contributed by atoms with Gasteiger partial charge >= 0.3 is 0 Å². The zero-order valence-electron chi connectivity index (χ0n) is 20.2. The van der Waals surface area contributed by atoms with E-state index in [9.17, 15) is 4.79 Å². The fourth-order valence-electron chi connectivity index (χ4n) is 3.89. The van der Waals surface area contributed by atoms with E-state index in [2.05, 4.69) is 13.8 Å². The van der Waals surface area contributed by atoms with Crippen LogP contribution in [0.15, 0.2) is 85.3 Å². The van der Waals surface area contributed by atoms with Crippen LogP contribution in [0.25, 0.3) is 28.1 Å². The topological polar surface area (TPSA) is 69.7 Å². The van der Waals surface area contributed by atoms with Gasteiger partial charge in [-0.05, 0) is 43.5 Å². The summed E-state index contributed by atoms with van der Waals surface area (Å²) in [6.07, 6.45) is 2.72. The molecule has 0 bridgehead atoms. The van der Waals surface area contributed by atoms with Gasteiger partial charge in [0.25, 0.3) is 5.56 Å². The van der Waals surface area contributed by atoms with Gasteiger partial charge in [-0.2, -0.15) is 5.10 Å². The summed E-state index contributed by atoms with van der Waals surface area (Å²) in [5, 5.41) is 7.72. The Hall–Kier alpha value is -3.91. The van der Waals surface area contributed by atoms with Crippen molar-refractivity contribution in [3.05, 3.63) is 86.9 Å². The van der Waals surface area contributed by atoms with Crippen LogP contribution < -0.4 is 10.4 Å². The lowest BCUT2D eigenvalue weighted by atomic mass is 10.2. The molecule has 5 aromatic rings. The zero-order chi connectivity index (χ0) is 24.5. The van der Waals surface area contributed by atoms with E-state index in [1.807, 2.05) is 90.9 Å². The van der Waals surface area contributed by atoms with Crippen LogP contribution in [0.2, 0.25) is 0 Å². The van der Waals surface area contributed by atoms with Gasteiger partial charge in [-0.1, -0.05) is 50.2 Å². The molecule has 0 saturated carbocycles. The van der Waals surface area contributed by atoms with Gasteiger partial charge in [0.05, 0.1) is 11.4 Å². The molecule has 0 atom stereocenters. The van der Waals surface area contributed by atoms with Gasteiger partial charge in [-0.15, -0.1) is 11.3 Å². The van der Waals surface area contributed by atoms with Crippen LogP contribution in [0.5, 0.6) is 0 Å². The summed E-state index contributed by atoms with van der Waals surface area (Å²) in [7, 11) is 1.87. The van der Waals surface area contributed by atoms with E-state index in [1.54, 1.807) is 9.36 Å². The number of para-hydroxylation sites is 2. The number of rotatable bonds is 6. The number of hydrogen-bond donors (Lipinski definition) is 0. The second-order valence-electron chi connectivity index (χ2n) is 8.81. The van der Waals surface area contributed by atoms with E-state index in [0.29, 0.717) is 22.2 Å². The second kappa shape index (κ2) is 9.38. The van der Waals surface area contributed by atoms with Crippen LogP contribution >= 0.6 is 11.3 Å². The Morgan fingerprint density at radius 3 is 2.57 bits per heavy atom. The molecule has 5 rings (SSSR count). The summed E-state index contributed by atoms with van der Waals surface area (Å²) in [6, 6.07) is 19.5. The van der Waals surface area contributed by atoms with E-state index < -0.39 is 0 Å². The SMILES string of the molecule is Cc1c(N=c2scc(-c3cc4ccccc4o3)n2N=CCC(C)C)c(=O)n(-c2ccccc2)n1C. The number of aromatic nitrogens is 3. The fourth-order valence-corrected chi connectivity index (χ4v) is 4.71. The van der Waals surface area contributed by atoms with E-state index in [0.717, 1.165) is 34.5 Å². The summed E-state index contributed by atoms with van der Waals surface area (Å²) in [4.78, 5) is 18.8. The Morgan fingerprint density at radius 1 is 1.09 bits per heavy atom. The third-order valence-corrected chi connectivity index (χ3v) is 6.68. The third-order valence-electron chi connectivity index (χ3n) is 5.87. The first-order valence-corrected chi connectivity index (χ1v) is 12.4. The van der Waals surface area contributed by atoms with Gasteiger partial charge in [0.15, 0.2) is 11.4 Å². The van der Waals surface area contributed by atoms with Crippen molar-refractivity contribution >= 4 is 34.2 Å². The molecule has 0 unspecified atom stereocenters. The number of benzene rings is 2. The smallest absolute Gasteiger partial charge is 0.297 e. The van der Waals surface area contributed by atoms with E-state index >= 15 is 0 Å². The molecule has 2 aromatic carbocycles. The normalized spacial score (nSPS) is 12.5. The largest absolute Gasteiger partial charge is 0.454 e. The maximum Gasteiger partial charge on any atom is 0.297 e. The molecule has 35 heavy (non-hydrogen) atoms. The van der Waals surface area contributed by atoms with Crippen molar-refractivity contribution in [1.29, 1.82) is 0 Å². The molecule has 0 N–H and O–H groups in total.